The highest BCUT2D eigenvalue weighted by molar-refractivity contribution is 9.10. The number of fused-ring (bicyclic) bond motifs is 1. The molecule has 14 heavy (non-hydrogen) atoms. The van der Waals surface area contributed by atoms with Crippen LogP contribution in [0.4, 0.5) is 0 Å². The second-order valence-electron chi connectivity index (χ2n) is 2.65. The van der Waals surface area contributed by atoms with Gasteiger partial charge in [-0.05, 0) is 28.1 Å². The van der Waals surface area contributed by atoms with Gasteiger partial charge >= 0.3 is 5.97 Å². The molecular formula is C9H5BrN2O2. The molecule has 0 fully saturated rings. The van der Waals surface area contributed by atoms with E-state index in [0.717, 1.165) is 4.47 Å². The maximum absolute atomic E-state index is 10.8. The third kappa shape index (κ3) is 1.35. The van der Waals surface area contributed by atoms with Crippen molar-refractivity contribution in [2.45, 2.75) is 0 Å². The lowest BCUT2D eigenvalue weighted by molar-refractivity contribution is 0.0699. The van der Waals surface area contributed by atoms with Gasteiger partial charge < -0.3 is 5.11 Å². The molecular weight excluding hydrogens is 248 g/mol. The number of benzene rings is 1. The van der Waals surface area contributed by atoms with E-state index in [1.54, 1.807) is 6.07 Å². The first-order chi connectivity index (χ1) is 6.70. The van der Waals surface area contributed by atoms with Crippen molar-refractivity contribution in [1.82, 2.24) is 9.97 Å². The zero-order valence-corrected chi connectivity index (χ0v) is 8.52. The van der Waals surface area contributed by atoms with E-state index in [2.05, 4.69) is 25.9 Å². The first-order valence-corrected chi connectivity index (χ1v) is 4.62. The van der Waals surface area contributed by atoms with Gasteiger partial charge in [0, 0.05) is 16.9 Å². The molecule has 1 heterocycles. The molecule has 5 heteroatoms. The molecule has 2 aromatic rings. The molecule has 0 aliphatic heterocycles. The molecule has 0 bridgehead atoms. The molecule has 0 saturated carbocycles. The maximum atomic E-state index is 10.8. The molecule has 70 valence electrons. The standard InChI is InChI=1S/C9H5BrN2O2/c10-6-2-1-5(9(13)14)7-8(6)12-4-3-11-7/h1-4H,(H,13,14). The van der Waals surface area contributed by atoms with Gasteiger partial charge in [0.05, 0.1) is 5.56 Å². The van der Waals surface area contributed by atoms with Crippen LogP contribution < -0.4 is 0 Å². The Morgan fingerprint density at radius 1 is 1.21 bits per heavy atom. The highest BCUT2D eigenvalue weighted by atomic mass is 79.9. The number of carbonyl (C=O) groups is 1. The molecule has 1 N–H and O–H groups in total. The van der Waals surface area contributed by atoms with Crippen LogP contribution in [0.3, 0.4) is 0 Å². The van der Waals surface area contributed by atoms with Crippen LogP contribution in [0.1, 0.15) is 10.4 Å². The average molecular weight is 253 g/mol. The number of nitrogens with zero attached hydrogens (tertiary/aromatic N) is 2. The molecule has 2 rings (SSSR count). The van der Waals surface area contributed by atoms with Crippen molar-refractivity contribution in [2.24, 2.45) is 0 Å². The Bertz CT molecular complexity index is 513. The molecule has 4 nitrogen and oxygen atoms in total. The summed E-state index contributed by atoms with van der Waals surface area (Å²) in [5, 5.41) is 8.89. The summed E-state index contributed by atoms with van der Waals surface area (Å²) in [4.78, 5) is 18.9. The van der Waals surface area contributed by atoms with Crippen molar-refractivity contribution >= 4 is 32.9 Å². The van der Waals surface area contributed by atoms with Gasteiger partial charge in [0.1, 0.15) is 11.0 Å². The fourth-order valence-electron chi connectivity index (χ4n) is 1.20. The maximum Gasteiger partial charge on any atom is 0.337 e. The van der Waals surface area contributed by atoms with E-state index in [1.807, 2.05) is 0 Å². The van der Waals surface area contributed by atoms with Gasteiger partial charge in [-0.1, -0.05) is 0 Å². The topological polar surface area (TPSA) is 63.1 Å². The molecule has 0 spiro atoms. The van der Waals surface area contributed by atoms with Crippen LogP contribution >= 0.6 is 15.9 Å². The largest absolute Gasteiger partial charge is 0.478 e. The lowest BCUT2D eigenvalue weighted by atomic mass is 10.2. The number of carboxylic acids is 1. The van der Waals surface area contributed by atoms with Crippen molar-refractivity contribution in [1.29, 1.82) is 0 Å². The molecule has 0 atom stereocenters. The Balaban J connectivity index is 2.88. The van der Waals surface area contributed by atoms with Crippen molar-refractivity contribution < 1.29 is 9.90 Å². The first kappa shape index (κ1) is 9.08. The van der Waals surface area contributed by atoms with Gasteiger partial charge in [0.15, 0.2) is 0 Å². The quantitative estimate of drug-likeness (QED) is 0.845. The summed E-state index contributed by atoms with van der Waals surface area (Å²) in [5.74, 6) is -0.997. The highest BCUT2D eigenvalue weighted by Gasteiger charge is 2.11. The minimum absolute atomic E-state index is 0.163. The second kappa shape index (κ2) is 3.34. The molecule has 0 radical (unpaired) electrons. The minimum atomic E-state index is -0.997. The summed E-state index contributed by atoms with van der Waals surface area (Å²) >= 11 is 3.28. The summed E-state index contributed by atoms with van der Waals surface area (Å²) < 4.78 is 0.741. The lowest BCUT2D eigenvalue weighted by Crippen LogP contribution is -1.99. The van der Waals surface area contributed by atoms with Crippen LogP contribution in [-0.2, 0) is 0 Å². The van der Waals surface area contributed by atoms with E-state index >= 15 is 0 Å². The SMILES string of the molecule is O=C(O)c1ccc(Br)c2nccnc12. The van der Waals surface area contributed by atoms with E-state index < -0.39 is 5.97 Å². The summed E-state index contributed by atoms with van der Waals surface area (Å²) in [6.07, 6.45) is 3.00. The molecule has 1 aromatic carbocycles. The van der Waals surface area contributed by atoms with Gasteiger partial charge in [0.25, 0.3) is 0 Å². The van der Waals surface area contributed by atoms with E-state index in [1.165, 1.54) is 18.5 Å². The van der Waals surface area contributed by atoms with E-state index in [-0.39, 0.29) is 5.56 Å². The van der Waals surface area contributed by atoms with Crippen LogP contribution in [-0.4, -0.2) is 21.0 Å². The number of rotatable bonds is 1. The predicted molar refractivity (Wildman–Crippen MR) is 54.2 cm³/mol. The number of aromatic carboxylic acids is 1. The number of carboxylic acid groups (broad SMARTS) is 1. The van der Waals surface area contributed by atoms with Gasteiger partial charge in [-0.25, -0.2) is 4.79 Å². The Kier molecular flexibility index (Phi) is 2.17. The van der Waals surface area contributed by atoms with Crippen LogP contribution in [0.15, 0.2) is 29.0 Å². The average Bonchev–Trinajstić information content (AvgIpc) is 2.18. The van der Waals surface area contributed by atoms with Crippen molar-refractivity contribution in [3.63, 3.8) is 0 Å². The lowest BCUT2D eigenvalue weighted by Gasteiger charge is -2.01. The zero-order chi connectivity index (χ0) is 10.1. The van der Waals surface area contributed by atoms with Gasteiger partial charge in [-0.15, -0.1) is 0 Å². The van der Waals surface area contributed by atoms with Crippen LogP contribution in [0.2, 0.25) is 0 Å². The summed E-state index contributed by atoms with van der Waals surface area (Å²) in [6, 6.07) is 3.16. The first-order valence-electron chi connectivity index (χ1n) is 3.82. The monoisotopic (exact) mass is 252 g/mol. The van der Waals surface area contributed by atoms with Crippen molar-refractivity contribution in [2.75, 3.05) is 0 Å². The van der Waals surface area contributed by atoms with E-state index in [0.29, 0.717) is 11.0 Å². The Hall–Kier alpha value is -1.49. The molecule has 0 saturated heterocycles. The highest BCUT2D eigenvalue weighted by Crippen LogP contribution is 2.22. The van der Waals surface area contributed by atoms with Crippen LogP contribution in [0.25, 0.3) is 11.0 Å². The number of hydrogen-bond donors (Lipinski definition) is 1. The van der Waals surface area contributed by atoms with Crippen molar-refractivity contribution in [3.8, 4) is 0 Å². The number of halogens is 1. The second-order valence-corrected chi connectivity index (χ2v) is 3.51. The summed E-state index contributed by atoms with van der Waals surface area (Å²) in [5.41, 5.74) is 1.12. The van der Waals surface area contributed by atoms with Crippen LogP contribution in [0, 0.1) is 0 Å². The van der Waals surface area contributed by atoms with E-state index in [4.69, 9.17) is 5.11 Å². The molecule has 0 aliphatic carbocycles. The van der Waals surface area contributed by atoms with Crippen LogP contribution in [0.5, 0.6) is 0 Å². The fourth-order valence-corrected chi connectivity index (χ4v) is 1.62. The molecule has 0 aliphatic rings. The minimum Gasteiger partial charge on any atom is -0.478 e. The smallest absolute Gasteiger partial charge is 0.337 e. The Labute approximate surface area is 87.7 Å². The third-order valence-corrected chi connectivity index (χ3v) is 2.45. The Morgan fingerprint density at radius 2 is 1.86 bits per heavy atom. The molecule has 1 aromatic heterocycles. The third-order valence-electron chi connectivity index (χ3n) is 1.81. The molecule has 0 amide bonds. The summed E-state index contributed by atoms with van der Waals surface area (Å²) in [7, 11) is 0. The Morgan fingerprint density at radius 3 is 2.50 bits per heavy atom. The zero-order valence-electron chi connectivity index (χ0n) is 6.94. The number of aromatic nitrogens is 2. The number of hydrogen-bond acceptors (Lipinski definition) is 3. The predicted octanol–water partition coefficient (Wildman–Crippen LogP) is 2.09. The van der Waals surface area contributed by atoms with E-state index in [9.17, 15) is 4.79 Å². The normalized spacial score (nSPS) is 10.4. The summed E-state index contributed by atoms with van der Waals surface area (Å²) in [6.45, 7) is 0. The van der Waals surface area contributed by atoms with Crippen molar-refractivity contribution in [3.05, 3.63) is 34.6 Å². The van der Waals surface area contributed by atoms with Gasteiger partial charge in [-0.2, -0.15) is 0 Å². The molecule has 0 unspecified atom stereocenters. The fraction of sp³-hybridized carbons (Fsp3) is 0. The van der Waals surface area contributed by atoms with Gasteiger partial charge in [0.2, 0.25) is 0 Å². The van der Waals surface area contributed by atoms with Gasteiger partial charge in [-0.3, -0.25) is 9.97 Å².